The highest BCUT2D eigenvalue weighted by Crippen LogP contribution is 2.23. The Morgan fingerprint density at radius 2 is 1.80 bits per heavy atom. The monoisotopic (exact) mass is 345 g/mol. The number of carboxylic acids is 1. The summed E-state index contributed by atoms with van der Waals surface area (Å²) in [5.41, 5.74) is 1.70. The first-order valence-electron chi connectivity index (χ1n) is 7.67. The van der Waals surface area contributed by atoms with Crippen molar-refractivity contribution in [2.45, 2.75) is 26.7 Å². The van der Waals surface area contributed by atoms with Crippen LogP contribution in [0.5, 0.6) is 0 Å². The Bertz CT molecular complexity index is 793. The van der Waals surface area contributed by atoms with Gasteiger partial charge in [0.1, 0.15) is 12.1 Å². The van der Waals surface area contributed by atoms with Crippen molar-refractivity contribution >= 4 is 23.5 Å². The molecule has 0 aliphatic carbocycles. The van der Waals surface area contributed by atoms with Gasteiger partial charge in [-0.2, -0.15) is 0 Å². The molecule has 0 unspecified atom stereocenters. The molecule has 1 aromatic carbocycles. The van der Waals surface area contributed by atoms with Crippen molar-refractivity contribution in [1.29, 1.82) is 0 Å². The average Bonchev–Trinajstić information content (AvgIpc) is 2.95. The van der Waals surface area contributed by atoms with E-state index in [9.17, 15) is 14.4 Å². The van der Waals surface area contributed by atoms with Gasteiger partial charge in [0, 0.05) is 17.2 Å². The van der Waals surface area contributed by atoms with Crippen molar-refractivity contribution in [2.24, 2.45) is 0 Å². The van der Waals surface area contributed by atoms with Crippen molar-refractivity contribution < 1.29 is 24.0 Å². The largest absolute Gasteiger partial charge is 0.480 e. The topological polar surface area (TPSA) is 122 Å². The van der Waals surface area contributed by atoms with Crippen LogP contribution in [0.25, 0.3) is 0 Å². The number of nitrogens with zero attached hydrogens (tertiary/aromatic N) is 1. The van der Waals surface area contributed by atoms with Crippen LogP contribution in [0.2, 0.25) is 0 Å². The van der Waals surface area contributed by atoms with Crippen LogP contribution in [-0.2, 0) is 4.79 Å². The van der Waals surface area contributed by atoms with E-state index in [0.29, 0.717) is 28.3 Å². The molecular weight excluding hydrogens is 326 g/mol. The predicted octanol–water partition coefficient (Wildman–Crippen LogP) is 2.17. The highest BCUT2D eigenvalue weighted by molar-refractivity contribution is 6.06. The molecular formula is C17H19N3O5. The van der Waals surface area contributed by atoms with E-state index in [-0.39, 0.29) is 11.8 Å². The molecule has 0 radical (unpaired) electrons. The number of aryl methyl sites for hydroxylation is 1. The summed E-state index contributed by atoms with van der Waals surface area (Å²) in [6, 6.07) is 6.12. The molecule has 8 nitrogen and oxygen atoms in total. The number of carbonyl (C=O) groups is 3. The predicted molar refractivity (Wildman–Crippen MR) is 89.7 cm³/mol. The second kappa shape index (κ2) is 7.61. The molecule has 132 valence electrons. The van der Waals surface area contributed by atoms with E-state index in [1.54, 1.807) is 19.1 Å². The third-order valence-electron chi connectivity index (χ3n) is 3.45. The lowest BCUT2D eigenvalue weighted by Crippen LogP contribution is -2.29. The van der Waals surface area contributed by atoms with E-state index in [2.05, 4.69) is 15.8 Å². The van der Waals surface area contributed by atoms with E-state index in [1.807, 2.05) is 13.8 Å². The van der Waals surface area contributed by atoms with E-state index >= 15 is 0 Å². The zero-order chi connectivity index (χ0) is 18.6. The number of carbonyl (C=O) groups excluding carboxylic acids is 2. The van der Waals surface area contributed by atoms with Gasteiger partial charge in [-0.3, -0.25) is 14.4 Å². The van der Waals surface area contributed by atoms with Crippen LogP contribution < -0.4 is 10.6 Å². The first-order chi connectivity index (χ1) is 11.8. The van der Waals surface area contributed by atoms with Crippen LogP contribution >= 0.6 is 0 Å². The number of aromatic nitrogens is 1. The lowest BCUT2D eigenvalue weighted by molar-refractivity contribution is -0.135. The number of aliphatic carboxylic acids is 1. The molecule has 25 heavy (non-hydrogen) atoms. The van der Waals surface area contributed by atoms with Gasteiger partial charge in [-0.15, -0.1) is 0 Å². The van der Waals surface area contributed by atoms with Gasteiger partial charge in [0.05, 0.1) is 5.69 Å². The quantitative estimate of drug-likeness (QED) is 0.737. The van der Waals surface area contributed by atoms with Gasteiger partial charge < -0.3 is 20.3 Å². The molecule has 0 saturated carbocycles. The Kier molecular flexibility index (Phi) is 5.53. The smallest absolute Gasteiger partial charge is 0.322 e. The SMILES string of the molecule is Cc1noc(C(C)C)c1C(=O)Nc1ccc(C(=O)NCC(=O)O)cc1. The van der Waals surface area contributed by atoms with E-state index in [0.717, 1.165) is 0 Å². The van der Waals surface area contributed by atoms with Crippen LogP contribution in [-0.4, -0.2) is 34.6 Å². The number of benzene rings is 1. The molecule has 3 N–H and O–H groups in total. The summed E-state index contributed by atoms with van der Waals surface area (Å²) in [5.74, 6) is -1.44. The van der Waals surface area contributed by atoms with Crippen molar-refractivity contribution in [3.8, 4) is 0 Å². The maximum absolute atomic E-state index is 12.5. The Morgan fingerprint density at radius 1 is 1.16 bits per heavy atom. The molecule has 0 aliphatic heterocycles. The minimum absolute atomic E-state index is 0.0160. The van der Waals surface area contributed by atoms with Crippen molar-refractivity contribution in [3.63, 3.8) is 0 Å². The molecule has 0 spiro atoms. The van der Waals surface area contributed by atoms with Crippen LogP contribution in [0.1, 0.15) is 51.9 Å². The second-order valence-corrected chi connectivity index (χ2v) is 5.77. The summed E-state index contributed by atoms with van der Waals surface area (Å²) in [4.78, 5) is 34.7. The molecule has 0 fully saturated rings. The van der Waals surface area contributed by atoms with Gasteiger partial charge in [0.15, 0.2) is 5.76 Å². The van der Waals surface area contributed by atoms with Crippen molar-refractivity contribution in [3.05, 3.63) is 46.8 Å². The van der Waals surface area contributed by atoms with Gasteiger partial charge in [0.25, 0.3) is 11.8 Å². The Hall–Kier alpha value is -3.16. The highest BCUT2D eigenvalue weighted by Gasteiger charge is 2.22. The zero-order valence-electron chi connectivity index (χ0n) is 14.1. The minimum atomic E-state index is -1.12. The number of hydrogen-bond donors (Lipinski definition) is 3. The summed E-state index contributed by atoms with van der Waals surface area (Å²) in [6.45, 7) is 5.05. The molecule has 0 bridgehead atoms. The highest BCUT2D eigenvalue weighted by atomic mass is 16.5. The van der Waals surface area contributed by atoms with Crippen LogP contribution in [0.15, 0.2) is 28.8 Å². The minimum Gasteiger partial charge on any atom is -0.480 e. The molecule has 2 rings (SSSR count). The fourth-order valence-corrected chi connectivity index (χ4v) is 2.21. The number of rotatable bonds is 6. The summed E-state index contributed by atoms with van der Waals surface area (Å²) in [7, 11) is 0. The van der Waals surface area contributed by atoms with Gasteiger partial charge in [-0.1, -0.05) is 19.0 Å². The molecule has 8 heteroatoms. The number of nitrogens with one attached hydrogen (secondary N) is 2. The lowest BCUT2D eigenvalue weighted by atomic mass is 10.0. The lowest BCUT2D eigenvalue weighted by Gasteiger charge is -2.08. The van der Waals surface area contributed by atoms with Gasteiger partial charge in [-0.05, 0) is 31.2 Å². The van der Waals surface area contributed by atoms with Gasteiger partial charge in [-0.25, -0.2) is 0 Å². The molecule has 0 aliphatic rings. The summed E-state index contributed by atoms with van der Waals surface area (Å²) >= 11 is 0. The number of hydrogen-bond acceptors (Lipinski definition) is 5. The van der Waals surface area contributed by atoms with Crippen molar-refractivity contribution in [1.82, 2.24) is 10.5 Å². The standard InChI is InChI=1S/C17H19N3O5/c1-9(2)15-14(10(3)20-25-15)17(24)19-12-6-4-11(5-7-12)16(23)18-8-13(21)22/h4-7,9H,8H2,1-3H3,(H,18,23)(H,19,24)(H,21,22). The fourth-order valence-electron chi connectivity index (χ4n) is 2.21. The number of carboxylic acid groups (broad SMARTS) is 1. The molecule has 1 heterocycles. The van der Waals surface area contributed by atoms with E-state index in [4.69, 9.17) is 9.63 Å². The summed E-state index contributed by atoms with van der Waals surface area (Å²) < 4.78 is 5.20. The van der Waals surface area contributed by atoms with Crippen molar-refractivity contribution in [2.75, 3.05) is 11.9 Å². The zero-order valence-corrected chi connectivity index (χ0v) is 14.1. The normalized spacial score (nSPS) is 10.6. The maximum atomic E-state index is 12.5. The third-order valence-corrected chi connectivity index (χ3v) is 3.45. The fraction of sp³-hybridized carbons (Fsp3) is 0.294. The molecule has 0 atom stereocenters. The number of anilines is 1. The summed E-state index contributed by atoms with van der Waals surface area (Å²) in [6.07, 6.45) is 0. The average molecular weight is 345 g/mol. The van der Waals surface area contributed by atoms with Crippen LogP contribution in [0, 0.1) is 6.92 Å². The molecule has 2 amide bonds. The Labute approximate surface area is 144 Å². The Balaban J connectivity index is 2.09. The van der Waals surface area contributed by atoms with E-state index < -0.39 is 18.4 Å². The number of amides is 2. The van der Waals surface area contributed by atoms with Crippen LogP contribution in [0.4, 0.5) is 5.69 Å². The second-order valence-electron chi connectivity index (χ2n) is 5.77. The maximum Gasteiger partial charge on any atom is 0.322 e. The first-order valence-corrected chi connectivity index (χ1v) is 7.67. The summed E-state index contributed by atoms with van der Waals surface area (Å²) in [5, 5.41) is 17.4. The van der Waals surface area contributed by atoms with Crippen LogP contribution in [0.3, 0.4) is 0 Å². The molecule has 1 aromatic heterocycles. The Morgan fingerprint density at radius 3 is 2.36 bits per heavy atom. The van der Waals surface area contributed by atoms with E-state index in [1.165, 1.54) is 12.1 Å². The first kappa shape index (κ1) is 18.2. The third kappa shape index (κ3) is 4.43. The molecule has 0 saturated heterocycles. The molecule has 2 aromatic rings. The van der Waals surface area contributed by atoms with Gasteiger partial charge >= 0.3 is 5.97 Å². The van der Waals surface area contributed by atoms with Gasteiger partial charge in [0.2, 0.25) is 0 Å².